The maximum absolute atomic E-state index is 6.94. The second kappa shape index (κ2) is 8.56. The van der Waals surface area contributed by atoms with Gasteiger partial charge in [0.05, 0.1) is 0 Å². The van der Waals surface area contributed by atoms with E-state index >= 15 is 0 Å². The minimum atomic E-state index is -0.250. The minimum Gasteiger partial charge on any atom is -0.673 e. The van der Waals surface area contributed by atoms with Gasteiger partial charge in [0, 0.05) is 0 Å². The normalized spacial score (nSPS) is 14.6. The Hall–Kier alpha value is -0.496. The first-order valence-corrected chi connectivity index (χ1v) is 7.47. The van der Waals surface area contributed by atoms with Crippen LogP contribution in [0.15, 0.2) is 24.3 Å². The third kappa shape index (κ3) is 7.29. The summed E-state index contributed by atoms with van der Waals surface area (Å²) in [5.74, 6) is 0. The molecule has 23 heavy (non-hydrogen) atoms. The molecule has 3 rings (SSSR count). The van der Waals surface area contributed by atoms with Crippen molar-refractivity contribution in [2.75, 3.05) is 0 Å². The summed E-state index contributed by atoms with van der Waals surface area (Å²) in [5.41, 5.74) is 11.7. The number of aryl methyl sites for hydroxylation is 1. The van der Waals surface area contributed by atoms with E-state index in [0.717, 1.165) is 0 Å². The first-order valence-electron chi connectivity index (χ1n) is 7.47. The molecule has 1 aliphatic rings. The van der Waals surface area contributed by atoms with E-state index in [2.05, 4.69) is 45.0 Å². The molecule has 0 aliphatic heterocycles. The molecular formula is C21H33NTi. The third-order valence-electron chi connectivity index (χ3n) is 3.51. The topological polar surface area (TPSA) is 23.8 Å². The number of rotatable bonds is 0. The van der Waals surface area contributed by atoms with Gasteiger partial charge in [-0.3, -0.25) is 0 Å². The predicted octanol–water partition coefficient (Wildman–Crippen LogP) is 6.73. The molecule has 0 aromatic heterocycles. The molecule has 2 aromatic rings. The number of hydrogen-bond donors (Lipinski definition) is 0. The fourth-order valence-electron chi connectivity index (χ4n) is 2.93. The van der Waals surface area contributed by atoms with E-state index in [1.54, 1.807) is 11.1 Å². The molecule has 126 valence electrons. The molecule has 2 aromatic carbocycles. The van der Waals surface area contributed by atoms with E-state index in [4.69, 9.17) is 5.73 Å². The van der Waals surface area contributed by atoms with Crippen LogP contribution in [0.5, 0.6) is 0 Å². The molecule has 2 heteroatoms. The Morgan fingerprint density at radius 2 is 1.43 bits per heavy atom. The van der Waals surface area contributed by atoms with Gasteiger partial charge in [0.1, 0.15) is 0 Å². The van der Waals surface area contributed by atoms with Gasteiger partial charge in [-0.05, 0) is 18.3 Å². The van der Waals surface area contributed by atoms with E-state index in [1.807, 2.05) is 20.8 Å². The van der Waals surface area contributed by atoms with E-state index in [1.165, 1.54) is 29.2 Å². The van der Waals surface area contributed by atoms with Crippen LogP contribution in [0.3, 0.4) is 0 Å². The molecule has 1 nitrogen and oxygen atoms in total. The summed E-state index contributed by atoms with van der Waals surface area (Å²) < 4.78 is 0. The summed E-state index contributed by atoms with van der Waals surface area (Å²) in [6.07, 6.45) is 2.48. The van der Waals surface area contributed by atoms with Crippen LogP contribution >= 0.6 is 0 Å². The zero-order chi connectivity index (χ0) is 15.1. The molecule has 0 saturated heterocycles. The fraction of sp³-hybridized carbons (Fsp3) is 0.476. The van der Waals surface area contributed by atoms with Crippen molar-refractivity contribution in [2.45, 2.75) is 59.9 Å². The van der Waals surface area contributed by atoms with Gasteiger partial charge in [0.25, 0.3) is 0 Å². The molecule has 0 unspecified atom stereocenters. The zero-order valence-corrected chi connectivity index (χ0v) is 17.8. The van der Waals surface area contributed by atoms with Crippen LogP contribution < -0.4 is 0 Å². The van der Waals surface area contributed by atoms with Crippen molar-refractivity contribution in [1.82, 2.24) is 0 Å². The van der Waals surface area contributed by atoms with Crippen LogP contribution in [-0.2, 0) is 34.6 Å². The molecule has 1 N–H and O–H groups in total. The maximum atomic E-state index is 6.94. The molecule has 0 bridgehead atoms. The van der Waals surface area contributed by atoms with Crippen LogP contribution in [0.2, 0.25) is 0 Å². The van der Waals surface area contributed by atoms with Gasteiger partial charge >= 0.3 is 21.7 Å². The quantitative estimate of drug-likeness (QED) is 0.373. The fourth-order valence-corrected chi connectivity index (χ4v) is 2.93. The molecule has 0 heterocycles. The first kappa shape index (κ1) is 24.8. The Balaban J connectivity index is 0. The van der Waals surface area contributed by atoms with Crippen molar-refractivity contribution in [3.05, 3.63) is 61.5 Å². The summed E-state index contributed by atoms with van der Waals surface area (Å²) >= 11 is 0. The van der Waals surface area contributed by atoms with Crippen molar-refractivity contribution in [2.24, 2.45) is 5.41 Å². The molecule has 0 spiro atoms. The van der Waals surface area contributed by atoms with Gasteiger partial charge in [0.15, 0.2) is 0 Å². The van der Waals surface area contributed by atoms with Crippen molar-refractivity contribution in [3.8, 4) is 0 Å². The summed E-state index contributed by atoms with van der Waals surface area (Å²) in [6, 6.07) is 9.38. The minimum absolute atomic E-state index is 0. The second-order valence-corrected chi connectivity index (χ2v) is 8.05. The van der Waals surface area contributed by atoms with Crippen LogP contribution in [-0.4, -0.2) is 5.54 Å². The molecular weight excluding hydrogens is 314 g/mol. The van der Waals surface area contributed by atoms with Crippen LogP contribution in [0.1, 0.15) is 51.3 Å². The van der Waals surface area contributed by atoms with Gasteiger partial charge in [-0.1, -0.05) is 52.7 Å². The Morgan fingerprint density at radius 3 is 1.91 bits per heavy atom. The average Bonchev–Trinajstić information content (AvgIpc) is 2.66. The van der Waals surface area contributed by atoms with Crippen molar-refractivity contribution >= 4 is 10.8 Å². The summed E-state index contributed by atoms with van der Waals surface area (Å²) in [6.45, 7) is 12.5. The summed E-state index contributed by atoms with van der Waals surface area (Å²) in [5, 5.41) is 2.84. The number of hydrogen-bond acceptors (Lipinski definition) is 0. The Kier molecular flexibility index (Phi) is 9.21. The first-order chi connectivity index (χ1) is 9.03. The standard InChI is InChI=1S/C15H17.C4H10N.2CH3.Ti/c1-10-4-11-6-13-8-15(2,3)9-14(13)7-12(11)5-10;1-4(2,3)5;;;/h4-7H,8-9H2,1-3H3;5H,1-3H3;2*1H3;/q4*-1;+4. The number of nitrogens with one attached hydrogen (secondary N) is 1. The largest absolute Gasteiger partial charge is 4.00 e. The second-order valence-electron chi connectivity index (χ2n) is 8.05. The van der Waals surface area contributed by atoms with Gasteiger partial charge in [-0.25, -0.2) is 0 Å². The maximum Gasteiger partial charge on any atom is 4.00 e. The van der Waals surface area contributed by atoms with Gasteiger partial charge in [-0.2, -0.15) is 6.07 Å². The van der Waals surface area contributed by atoms with Crippen molar-refractivity contribution < 1.29 is 21.7 Å². The molecule has 1 aliphatic carbocycles. The van der Waals surface area contributed by atoms with E-state index in [9.17, 15) is 0 Å². The Bertz CT molecular complexity index is 564. The third-order valence-corrected chi connectivity index (χ3v) is 3.51. The van der Waals surface area contributed by atoms with E-state index in [-0.39, 0.29) is 42.1 Å². The monoisotopic (exact) mass is 347 g/mol. The summed E-state index contributed by atoms with van der Waals surface area (Å²) in [4.78, 5) is 0. The smallest absolute Gasteiger partial charge is 0.673 e. The number of benzene rings is 1. The summed E-state index contributed by atoms with van der Waals surface area (Å²) in [7, 11) is 0. The molecule has 0 fully saturated rings. The molecule has 0 atom stereocenters. The Morgan fingerprint density at radius 1 is 1.00 bits per heavy atom. The van der Waals surface area contributed by atoms with E-state index < -0.39 is 0 Å². The Labute approximate surface area is 159 Å². The van der Waals surface area contributed by atoms with Gasteiger partial charge in [-0.15, -0.1) is 40.1 Å². The molecule has 0 amide bonds. The van der Waals surface area contributed by atoms with Crippen LogP contribution in [0.25, 0.3) is 16.5 Å². The molecule has 0 saturated carbocycles. The van der Waals surface area contributed by atoms with E-state index in [0.29, 0.717) is 5.41 Å². The van der Waals surface area contributed by atoms with Gasteiger partial charge in [0.2, 0.25) is 0 Å². The van der Waals surface area contributed by atoms with Crippen molar-refractivity contribution in [3.63, 3.8) is 0 Å². The average molecular weight is 347 g/mol. The van der Waals surface area contributed by atoms with Gasteiger partial charge < -0.3 is 20.6 Å². The van der Waals surface area contributed by atoms with Crippen LogP contribution in [0, 0.1) is 27.2 Å². The molecule has 0 radical (unpaired) electrons. The zero-order valence-electron chi connectivity index (χ0n) is 16.2. The van der Waals surface area contributed by atoms with Crippen molar-refractivity contribution in [1.29, 1.82) is 0 Å². The van der Waals surface area contributed by atoms with Crippen LogP contribution in [0.4, 0.5) is 0 Å². The SMILES string of the molecule is CC(C)(C)[NH-].Cc1cc2cc3c(cc2[cH-]1)CC(C)(C)C3.[CH3-].[CH3-].[Ti+4]. The predicted molar refractivity (Wildman–Crippen MR) is 102 cm³/mol. The number of fused-ring (bicyclic) bond motifs is 2.